The number of hydrogen-bond donors (Lipinski definition) is 0. The summed E-state index contributed by atoms with van der Waals surface area (Å²) in [7, 11) is 0. The zero-order valence-electron chi connectivity index (χ0n) is 8.83. The number of hydrogen-bond acceptors (Lipinski definition) is 3. The third-order valence-electron chi connectivity index (χ3n) is 1.94. The standard InChI is InChI=1S/C11H15NO2/c1-4-10-9(11(13)14-5-2)7-6-8(3)12-10/h6-7H,4-5H2,1-3H3. The van der Waals surface area contributed by atoms with Crippen molar-refractivity contribution in [1.82, 2.24) is 4.98 Å². The van der Waals surface area contributed by atoms with E-state index in [4.69, 9.17) is 4.74 Å². The molecule has 1 heterocycles. The van der Waals surface area contributed by atoms with Crippen molar-refractivity contribution in [1.29, 1.82) is 0 Å². The molecule has 0 amide bonds. The molecule has 0 aromatic carbocycles. The van der Waals surface area contributed by atoms with Crippen LogP contribution in [0.2, 0.25) is 0 Å². The first kappa shape index (κ1) is 10.7. The van der Waals surface area contributed by atoms with Crippen LogP contribution in [0.4, 0.5) is 0 Å². The summed E-state index contributed by atoms with van der Waals surface area (Å²) in [6, 6.07) is 3.60. The molecule has 1 aromatic rings. The summed E-state index contributed by atoms with van der Waals surface area (Å²) < 4.78 is 4.93. The van der Waals surface area contributed by atoms with E-state index in [2.05, 4.69) is 4.98 Å². The lowest BCUT2D eigenvalue weighted by Gasteiger charge is -2.06. The Morgan fingerprint density at radius 3 is 2.71 bits per heavy atom. The Hall–Kier alpha value is -1.38. The molecule has 0 aliphatic heterocycles. The van der Waals surface area contributed by atoms with Crippen molar-refractivity contribution in [2.75, 3.05) is 6.61 Å². The van der Waals surface area contributed by atoms with Gasteiger partial charge in [-0.2, -0.15) is 0 Å². The molecule has 0 bridgehead atoms. The van der Waals surface area contributed by atoms with Gasteiger partial charge in [-0.05, 0) is 32.4 Å². The molecule has 0 aliphatic carbocycles. The highest BCUT2D eigenvalue weighted by Gasteiger charge is 2.11. The lowest BCUT2D eigenvalue weighted by Crippen LogP contribution is -2.09. The fraction of sp³-hybridized carbons (Fsp3) is 0.455. The molecule has 1 aromatic heterocycles. The van der Waals surface area contributed by atoms with Crippen LogP contribution < -0.4 is 0 Å². The Morgan fingerprint density at radius 2 is 2.14 bits per heavy atom. The number of aromatic nitrogens is 1. The Labute approximate surface area is 84.1 Å². The van der Waals surface area contributed by atoms with Gasteiger partial charge in [-0.25, -0.2) is 4.79 Å². The van der Waals surface area contributed by atoms with Gasteiger partial charge in [0.1, 0.15) is 0 Å². The minimum atomic E-state index is -0.281. The summed E-state index contributed by atoms with van der Waals surface area (Å²) >= 11 is 0. The van der Waals surface area contributed by atoms with Crippen molar-refractivity contribution < 1.29 is 9.53 Å². The summed E-state index contributed by atoms with van der Waals surface area (Å²) in [4.78, 5) is 15.8. The third kappa shape index (κ3) is 2.31. The summed E-state index contributed by atoms with van der Waals surface area (Å²) in [5, 5.41) is 0. The highest BCUT2D eigenvalue weighted by atomic mass is 16.5. The first-order valence-electron chi connectivity index (χ1n) is 4.82. The van der Waals surface area contributed by atoms with E-state index >= 15 is 0 Å². The van der Waals surface area contributed by atoms with Crippen molar-refractivity contribution >= 4 is 5.97 Å². The van der Waals surface area contributed by atoms with Gasteiger partial charge in [0.25, 0.3) is 0 Å². The molecule has 0 fully saturated rings. The molecule has 0 spiro atoms. The fourth-order valence-electron chi connectivity index (χ4n) is 1.27. The average molecular weight is 193 g/mol. The van der Waals surface area contributed by atoms with Gasteiger partial charge >= 0.3 is 5.97 Å². The molecular weight excluding hydrogens is 178 g/mol. The minimum Gasteiger partial charge on any atom is -0.462 e. The topological polar surface area (TPSA) is 39.2 Å². The maximum absolute atomic E-state index is 11.5. The predicted octanol–water partition coefficient (Wildman–Crippen LogP) is 2.13. The van der Waals surface area contributed by atoms with Crippen LogP contribution in [0.25, 0.3) is 0 Å². The smallest absolute Gasteiger partial charge is 0.339 e. The molecule has 0 atom stereocenters. The molecule has 0 radical (unpaired) electrons. The van der Waals surface area contributed by atoms with Crippen LogP contribution in [0.5, 0.6) is 0 Å². The quantitative estimate of drug-likeness (QED) is 0.690. The van der Waals surface area contributed by atoms with Gasteiger partial charge in [-0.3, -0.25) is 4.98 Å². The van der Waals surface area contributed by atoms with E-state index in [0.717, 1.165) is 17.8 Å². The third-order valence-corrected chi connectivity index (χ3v) is 1.94. The Balaban J connectivity index is 3.01. The molecule has 14 heavy (non-hydrogen) atoms. The van der Waals surface area contributed by atoms with Gasteiger partial charge < -0.3 is 4.74 Å². The highest BCUT2D eigenvalue weighted by molar-refractivity contribution is 5.90. The molecule has 0 saturated heterocycles. The van der Waals surface area contributed by atoms with Crippen LogP contribution in [0, 0.1) is 6.92 Å². The maximum atomic E-state index is 11.5. The fourth-order valence-corrected chi connectivity index (χ4v) is 1.27. The van der Waals surface area contributed by atoms with Crippen molar-refractivity contribution in [3.8, 4) is 0 Å². The van der Waals surface area contributed by atoms with Crippen molar-refractivity contribution in [2.45, 2.75) is 27.2 Å². The molecule has 0 saturated carbocycles. The van der Waals surface area contributed by atoms with Gasteiger partial charge in [0.05, 0.1) is 17.9 Å². The summed E-state index contributed by atoms with van der Waals surface area (Å²) in [6.45, 7) is 6.08. The normalized spacial score (nSPS) is 9.93. The number of pyridine rings is 1. The van der Waals surface area contributed by atoms with Crippen molar-refractivity contribution in [2.24, 2.45) is 0 Å². The van der Waals surface area contributed by atoms with E-state index in [9.17, 15) is 4.79 Å². The first-order valence-corrected chi connectivity index (χ1v) is 4.82. The van der Waals surface area contributed by atoms with Crippen molar-refractivity contribution in [3.05, 3.63) is 29.1 Å². The van der Waals surface area contributed by atoms with Gasteiger partial charge in [-0.1, -0.05) is 6.92 Å². The lowest BCUT2D eigenvalue weighted by atomic mass is 10.1. The largest absolute Gasteiger partial charge is 0.462 e. The number of carbonyl (C=O) groups excluding carboxylic acids is 1. The molecular formula is C11H15NO2. The van der Waals surface area contributed by atoms with Crippen LogP contribution in [0.3, 0.4) is 0 Å². The first-order chi connectivity index (χ1) is 6.69. The zero-order chi connectivity index (χ0) is 10.6. The number of rotatable bonds is 3. The Bertz CT molecular complexity index is 334. The molecule has 1 rings (SSSR count). The van der Waals surface area contributed by atoms with Gasteiger partial charge in [0.15, 0.2) is 0 Å². The number of nitrogens with zero attached hydrogens (tertiary/aromatic N) is 1. The monoisotopic (exact) mass is 193 g/mol. The maximum Gasteiger partial charge on any atom is 0.339 e. The number of ether oxygens (including phenoxy) is 1. The second-order valence-electron chi connectivity index (χ2n) is 3.02. The lowest BCUT2D eigenvalue weighted by molar-refractivity contribution is 0.0524. The number of carbonyl (C=O) groups is 1. The predicted molar refractivity (Wildman–Crippen MR) is 54.3 cm³/mol. The van der Waals surface area contributed by atoms with Gasteiger partial charge in [0, 0.05) is 5.69 Å². The minimum absolute atomic E-state index is 0.281. The average Bonchev–Trinajstić information content (AvgIpc) is 2.17. The van der Waals surface area contributed by atoms with Gasteiger partial charge in [0.2, 0.25) is 0 Å². The molecule has 0 aliphatic rings. The van der Waals surface area contributed by atoms with Crippen LogP contribution in [0.1, 0.15) is 35.6 Å². The number of esters is 1. The summed E-state index contributed by atoms with van der Waals surface area (Å²) in [5.41, 5.74) is 2.32. The van der Waals surface area contributed by atoms with Gasteiger partial charge in [-0.15, -0.1) is 0 Å². The SMILES string of the molecule is CCOC(=O)c1ccc(C)nc1CC. The van der Waals surface area contributed by atoms with Crippen LogP contribution in [0.15, 0.2) is 12.1 Å². The van der Waals surface area contributed by atoms with E-state index in [0.29, 0.717) is 12.2 Å². The van der Waals surface area contributed by atoms with E-state index in [1.54, 1.807) is 13.0 Å². The molecule has 3 heteroatoms. The van der Waals surface area contributed by atoms with E-state index in [-0.39, 0.29) is 5.97 Å². The molecule has 3 nitrogen and oxygen atoms in total. The van der Waals surface area contributed by atoms with Crippen LogP contribution in [-0.2, 0) is 11.2 Å². The van der Waals surface area contributed by atoms with E-state index < -0.39 is 0 Å². The summed E-state index contributed by atoms with van der Waals surface area (Å²) in [6.07, 6.45) is 0.746. The second kappa shape index (κ2) is 4.74. The highest BCUT2D eigenvalue weighted by Crippen LogP contribution is 2.09. The summed E-state index contributed by atoms with van der Waals surface area (Å²) in [5.74, 6) is -0.281. The Morgan fingerprint density at radius 1 is 1.43 bits per heavy atom. The second-order valence-corrected chi connectivity index (χ2v) is 3.02. The molecule has 0 N–H and O–H groups in total. The van der Waals surface area contributed by atoms with Crippen molar-refractivity contribution in [3.63, 3.8) is 0 Å². The van der Waals surface area contributed by atoms with E-state index in [1.165, 1.54) is 0 Å². The molecule has 76 valence electrons. The Kier molecular flexibility index (Phi) is 3.63. The van der Waals surface area contributed by atoms with Crippen LogP contribution in [-0.4, -0.2) is 17.6 Å². The van der Waals surface area contributed by atoms with Crippen LogP contribution >= 0.6 is 0 Å². The number of aryl methyl sites for hydroxylation is 2. The van der Waals surface area contributed by atoms with E-state index in [1.807, 2.05) is 19.9 Å². The molecule has 0 unspecified atom stereocenters. The zero-order valence-corrected chi connectivity index (χ0v) is 8.83.